The van der Waals surface area contributed by atoms with Gasteiger partial charge in [0.15, 0.2) is 0 Å². The summed E-state index contributed by atoms with van der Waals surface area (Å²) in [5.74, 6) is 0. The maximum absolute atomic E-state index is 5.84. The second kappa shape index (κ2) is 33.6. The highest BCUT2D eigenvalue weighted by Gasteiger charge is 2.08. The molecule has 0 bridgehead atoms. The fourth-order valence-electron chi connectivity index (χ4n) is 5.73. The molecule has 1 heteroatoms. The number of ether oxygens (including phenoxy) is 1. The van der Waals surface area contributed by atoms with Gasteiger partial charge in [0.05, 0.1) is 12.4 Å². The first kappa shape index (κ1) is 36.5. The van der Waals surface area contributed by atoms with E-state index in [9.17, 15) is 0 Å². The van der Waals surface area contributed by atoms with Crippen LogP contribution >= 0.6 is 0 Å². The third kappa shape index (κ3) is 31.7. The molecule has 0 aliphatic rings. The van der Waals surface area contributed by atoms with Crippen molar-refractivity contribution in [2.24, 2.45) is 0 Å². The van der Waals surface area contributed by atoms with Crippen LogP contribution in [0.5, 0.6) is 0 Å². The van der Waals surface area contributed by atoms with Gasteiger partial charge in [0, 0.05) is 0 Å². The molecule has 0 aromatic heterocycles. The second-order valence-corrected chi connectivity index (χ2v) is 12.0. The van der Waals surface area contributed by atoms with E-state index in [0.29, 0.717) is 6.10 Å². The summed E-state index contributed by atoms with van der Waals surface area (Å²) in [5.41, 5.74) is 0. The van der Waals surface area contributed by atoms with Crippen LogP contribution in [-0.2, 0) is 4.74 Å². The number of hydrogen-bond donors (Lipinski definition) is 0. The Morgan fingerprint density at radius 1 is 0.378 bits per heavy atom. The Morgan fingerprint density at radius 3 is 0.811 bits per heavy atom. The van der Waals surface area contributed by atoms with E-state index in [2.05, 4.69) is 20.4 Å². The van der Waals surface area contributed by atoms with E-state index in [4.69, 9.17) is 4.74 Å². The Labute approximate surface area is 236 Å². The maximum atomic E-state index is 5.84. The Bertz CT molecular complexity index is 403. The molecule has 0 amide bonds. The normalized spacial score (nSPS) is 12.2. The molecule has 0 aromatic rings. The van der Waals surface area contributed by atoms with Gasteiger partial charge in [0.25, 0.3) is 0 Å². The van der Waals surface area contributed by atoms with Crippen LogP contribution in [0.1, 0.15) is 213 Å². The molecule has 0 spiro atoms. The van der Waals surface area contributed by atoms with Crippen molar-refractivity contribution in [2.75, 3.05) is 0 Å². The molecular weight excluding hydrogens is 448 g/mol. The van der Waals surface area contributed by atoms with Crippen molar-refractivity contribution < 1.29 is 4.74 Å². The summed E-state index contributed by atoms with van der Waals surface area (Å²) in [6.45, 7) is 8.42. The molecule has 222 valence electrons. The third-order valence-electron chi connectivity index (χ3n) is 8.30. The predicted octanol–water partition coefficient (Wildman–Crippen LogP) is 13.6. The SMILES string of the molecule is C=COC(CCCCCCCCCCCCCCCC)CCCCCCCCCCCCCCCCC. The van der Waals surface area contributed by atoms with E-state index in [0.717, 1.165) is 0 Å². The minimum Gasteiger partial charge on any atom is -0.499 e. The molecule has 0 N–H and O–H groups in total. The minimum absolute atomic E-state index is 0.414. The standard InChI is InChI=1S/C36H72O/c1-4-7-9-11-13-15-17-19-21-23-25-27-29-31-33-35-36(37-6-3)34-32-30-28-26-24-22-20-18-16-14-12-10-8-5-2/h6,36H,3-5,7-35H2,1-2H3. The van der Waals surface area contributed by atoms with Crippen molar-refractivity contribution in [2.45, 2.75) is 219 Å². The average Bonchev–Trinajstić information content (AvgIpc) is 2.91. The predicted molar refractivity (Wildman–Crippen MR) is 170 cm³/mol. The van der Waals surface area contributed by atoms with E-state index in [1.54, 1.807) is 6.26 Å². The van der Waals surface area contributed by atoms with Gasteiger partial charge in [-0.25, -0.2) is 0 Å². The summed E-state index contributed by atoms with van der Waals surface area (Å²) in [7, 11) is 0. The summed E-state index contributed by atoms with van der Waals surface area (Å²) >= 11 is 0. The molecule has 1 nitrogen and oxygen atoms in total. The molecular formula is C36H72O. The quantitative estimate of drug-likeness (QED) is 0.0617. The molecule has 0 aliphatic carbocycles. The highest BCUT2D eigenvalue weighted by atomic mass is 16.5. The van der Waals surface area contributed by atoms with Crippen LogP contribution in [0.3, 0.4) is 0 Å². The van der Waals surface area contributed by atoms with E-state index < -0.39 is 0 Å². The van der Waals surface area contributed by atoms with E-state index in [1.807, 2.05) is 0 Å². The van der Waals surface area contributed by atoms with Crippen LogP contribution in [0.25, 0.3) is 0 Å². The van der Waals surface area contributed by atoms with Crippen LogP contribution in [0.2, 0.25) is 0 Å². The lowest BCUT2D eigenvalue weighted by Gasteiger charge is -2.16. The summed E-state index contributed by atoms with van der Waals surface area (Å²) < 4.78 is 5.84. The van der Waals surface area contributed by atoms with Gasteiger partial charge in [-0.2, -0.15) is 0 Å². The fraction of sp³-hybridized carbons (Fsp3) is 0.944. The summed E-state index contributed by atoms with van der Waals surface area (Å²) in [6, 6.07) is 0. The molecule has 0 rings (SSSR count). The van der Waals surface area contributed by atoms with Crippen molar-refractivity contribution in [1.82, 2.24) is 0 Å². The van der Waals surface area contributed by atoms with Gasteiger partial charge in [0.1, 0.15) is 0 Å². The van der Waals surface area contributed by atoms with Crippen molar-refractivity contribution in [3.63, 3.8) is 0 Å². The Hall–Kier alpha value is -0.460. The zero-order valence-electron chi connectivity index (χ0n) is 26.2. The van der Waals surface area contributed by atoms with Crippen LogP contribution in [0.15, 0.2) is 12.8 Å². The molecule has 37 heavy (non-hydrogen) atoms. The van der Waals surface area contributed by atoms with Crippen LogP contribution < -0.4 is 0 Å². The number of unbranched alkanes of at least 4 members (excludes halogenated alkanes) is 27. The topological polar surface area (TPSA) is 9.23 Å². The van der Waals surface area contributed by atoms with E-state index in [-0.39, 0.29) is 0 Å². The van der Waals surface area contributed by atoms with E-state index in [1.165, 1.54) is 199 Å². The highest BCUT2D eigenvalue weighted by molar-refractivity contribution is 4.64. The van der Waals surface area contributed by atoms with Gasteiger partial charge >= 0.3 is 0 Å². The van der Waals surface area contributed by atoms with Crippen LogP contribution in [0, 0.1) is 0 Å². The van der Waals surface area contributed by atoms with Crippen molar-refractivity contribution in [3.05, 3.63) is 12.8 Å². The molecule has 0 aromatic carbocycles. The lowest BCUT2D eigenvalue weighted by Crippen LogP contribution is -2.09. The first-order valence-electron chi connectivity index (χ1n) is 17.6. The largest absolute Gasteiger partial charge is 0.499 e. The summed E-state index contributed by atoms with van der Waals surface area (Å²) in [4.78, 5) is 0. The average molecular weight is 521 g/mol. The molecule has 0 fully saturated rings. The first-order valence-corrected chi connectivity index (χ1v) is 17.6. The molecule has 0 radical (unpaired) electrons. The van der Waals surface area contributed by atoms with E-state index >= 15 is 0 Å². The molecule has 0 saturated heterocycles. The second-order valence-electron chi connectivity index (χ2n) is 12.0. The van der Waals surface area contributed by atoms with Gasteiger partial charge in [0.2, 0.25) is 0 Å². The molecule has 0 saturated carbocycles. The maximum Gasteiger partial charge on any atom is 0.0978 e. The number of rotatable bonds is 33. The van der Waals surface area contributed by atoms with Crippen LogP contribution in [-0.4, -0.2) is 6.10 Å². The molecule has 1 unspecified atom stereocenters. The van der Waals surface area contributed by atoms with Gasteiger partial charge in [-0.3, -0.25) is 0 Å². The lowest BCUT2D eigenvalue weighted by atomic mass is 10.0. The Morgan fingerprint density at radius 2 is 0.595 bits per heavy atom. The molecule has 0 heterocycles. The van der Waals surface area contributed by atoms with Gasteiger partial charge < -0.3 is 4.74 Å². The van der Waals surface area contributed by atoms with Crippen LogP contribution in [0.4, 0.5) is 0 Å². The minimum atomic E-state index is 0.414. The van der Waals surface area contributed by atoms with Crippen molar-refractivity contribution in [3.8, 4) is 0 Å². The third-order valence-corrected chi connectivity index (χ3v) is 8.30. The zero-order chi connectivity index (χ0) is 26.9. The zero-order valence-corrected chi connectivity index (χ0v) is 26.2. The summed E-state index contributed by atoms with van der Waals surface area (Å²) in [6.07, 6.45) is 46.1. The van der Waals surface area contributed by atoms with Gasteiger partial charge in [-0.15, -0.1) is 0 Å². The summed E-state index contributed by atoms with van der Waals surface area (Å²) in [5, 5.41) is 0. The fourth-order valence-corrected chi connectivity index (χ4v) is 5.73. The van der Waals surface area contributed by atoms with Crippen molar-refractivity contribution >= 4 is 0 Å². The monoisotopic (exact) mass is 521 g/mol. The Balaban J connectivity index is 3.37. The van der Waals surface area contributed by atoms with Gasteiger partial charge in [-0.1, -0.05) is 194 Å². The first-order chi connectivity index (χ1) is 18.3. The smallest absolute Gasteiger partial charge is 0.0978 e. The molecule has 1 atom stereocenters. The lowest BCUT2D eigenvalue weighted by molar-refractivity contribution is 0.121. The molecule has 0 aliphatic heterocycles. The Kier molecular flexibility index (Phi) is 33.2. The van der Waals surface area contributed by atoms with Gasteiger partial charge in [-0.05, 0) is 25.7 Å². The number of hydrogen-bond acceptors (Lipinski definition) is 1. The highest BCUT2D eigenvalue weighted by Crippen LogP contribution is 2.18. The van der Waals surface area contributed by atoms with Crippen molar-refractivity contribution in [1.29, 1.82) is 0 Å².